The van der Waals surface area contributed by atoms with Gasteiger partial charge in [0.15, 0.2) is 5.13 Å². The van der Waals surface area contributed by atoms with Crippen molar-refractivity contribution in [2.24, 2.45) is 0 Å². The van der Waals surface area contributed by atoms with Crippen molar-refractivity contribution < 1.29 is 9.53 Å². The second-order valence-corrected chi connectivity index (χ2v) is 6.95. The second kappa shape index (κ2) is 6.65. The van der Waals surface area contributed by atoms with Crippen LogP contribution in [0.2, 0.25) is 0 Å². The number of nitrogens with one attached hydrogen (secondary N) is 2. The van der Waals surface area contributed by atoms with E-state index >= 15 is 0 Å². The standard InChI is InChI=1S/C14H23N3O2S/c1-14(2,3)11-9-20-13(16-11)17-12(18)8-19-10-4-6-15-7-5-10/h9-10,15H,4-8H2,1-3H3,(H,16,17,18). The molecule has 0 saturated carbocycles. The molecule has 1 saturated heterocycles. The van der Waals surface area contributed by atoms with Gasteiger partial charge in [-0.05, 0) is 25.9 Å². The fourth-order valence-corrected chi connectivity index (χ4v) is 2.94. The van der Waals surface area contributed by atoms with Gasteiger partial charge in [0.05, 0.1) is 11.8 Å². The Bertz CT molecular complexity index is 448. The van der Waals surface area contributed by atoms with Crippen LogP contribution in [0.5, 0.6) is 0 Å². The van der Waals surface area contributed by atoms with Crippen LogP contribution in [-0.2, 0) is 14.9 Å². The summed E-state index contributed by atoms with van der Waals surface area (Å²) in [4.78, 5) is 16.3. The van der Waals surface area contributed by atoms with Crippen LogP contribution in [0.3, 0.4) is 0 Å². The summed E-state index contributed by atoms with van der Waals surface area (Å²) in [5, 5.41) is 8.71. The quantitative estimate of drug-likeness (QED) is 0.894. The first-order valence-electron chi connectivity index (χ1n) is 7.03. The van der Waals surface area contributed by atoms with Crippen molar-refractivity contribution in [3.05, 3.63) is 11.1 Å². The molecule has 112 valence electrons. The van der Waals surface area contributed by atoms with E-state index in [-0.39, 0.29) is 24.0 Å². The Kier molecular flexibility index (Phi) is 5.12. The highest BCUT2D eigenvalue weighted by molar-refractivity contribution is 7.13. The number of ether oxygens (including phenoxy) is 1. The van der Waals surface area contributed by atoms with E-state index in [0.717, 1.165) is 31.6 Å². The van der Waals surface area contributed by atoms with Crippen molar-refractivity contribution in [2.75, 3.05) is 25.0 Å². The molecular weight excluding hydrogens is 274 g/mol. The Morgan fingerprint density at radius 1 is 1.50 bits per heavy atom. The summed E-state index contributed by atoms with van der Waals surface area (Å²) >= 11 is 1.46. The SMILES string of the molecule is CC(C)(C)c1csc(NC(=O)COC2CCNCC2)n1. The average molecular weight is 297 g/mol. The number of rotatable bonds is 4. The number of hydrogen-bond acceptors (Lipinski definition) is 5. The molecule has 0 aromatic carbocycles. The highest BCUT2D eigenvalue weighted by Gasteiger charge is 2.19. The predicted molar refractivity (Wildman–Crippen MR) is 81.3 cm³/mol. The van der Waals surface area contributed by atoms with Gasteiger partial charge >= 0.3 is 0 Å². The zero-order chi connectivity index (χ0) is 14.6. The van der Waals surface area contributed by atoms with E-state index in [1.165, 1.54) is 11.3 Å². The van der Waals surface area contributed by atoms with E-state index in [4.69, 9.17) is 4.74 Å². The Balaban J connectivity index is 1.77. The Labute approximate surface area is 124 Å². The maximum absolute atomic E-state index is 11.8. The molecule has 1 aliphatic heterocycles. The molecule has 2 rings (SSSR count). The van der Waals surface area contributed by atoms with Crippen LogP contribution in [0.15, 0.2) is 5.38 Å². The highest BCUT2D eigenvalue weighted by atomic mass is 32.1. The van der Waals surface area contributed by atoms with Gasteiger partial charge in [-0.2, -0.15) is 0 Å². The van der Waals surface area contributed by atoms with E-state index in [1.807, 2.05) is 5.38 Å². The number of nitrogens with zero attached hydrogens (tertiary/aromatic N) is 1. The number of piperidine rings is 1. The summed E-state index contributed by atoms with van der Waals surface area (Å²) in [6, 6.07) is 0. The lowest BCUT2D eigenvalue weighted by molar-refractivity contribution is -0.123. The van der Waals surface area contributed by atoms with Crippen molar-refractivity contribution in [1.82, 2.24) is 10.3 Å². The summed E-state index contributed by atoms with van der Waals surface area (Å²) in [6.07, 6.45) is 2.14. The van der Waals surface area contributed by atoms with E-state index < -0.39 is 0 Å². The fourth-order valence-electron chi connectivity index (χ4n) is 1.99. The number of thiazole rings is 1. The molecule has 0 bridgehead atoms. The highest BCUT2D eigenvalue weighted by Crippen LogP contribution is 2.26. The molecule has 2 heterocycles. The van der Waals surface area contributed by atoms with Gasteiger partial charge in [0.25, 0.3) is 5.91 Å². The maximum Gasteiger partial charge on any atom is 0.252 e. The number of aromatic nitrogens is 1. The normalized spacial score (nSPS) is 17.1. The number of amides is 1. The minimum Gasteiger partial charge on any atom is -0.368 e. The fraction of sp³-hybridized carbons (Fsp3) is 0.714. The molecule has 1 aliphatic rings. The van der Waals surface area contributed by atoms with E-state index in [0.29, 0.717) is 5.13 Å². The minimum atomic E-state index is -0.127. The molecule has 0 radical (unpaired) electrons. The molecule has 5 nitrogen and oxygen atoms in total. The van der Waals surface area contributed by atoms with Crippen LogP contribution in [-0.4, -0.2) is 36.7 Å². The van der Waals surface area contributed by atoms with Crippen molar-refractivity contribution in [2.45, 2.75) is 45.1 Å². The van der Waals surface area contributed by atoms with Gasteiger partial charge in [0, 0.05) is 10.8 Å². The average Bonchev–Trinajstić information content (AvgIpc) is 2.86. The molecule has 0 atom stereocenters. The molecule has 1 amide bonds. The van der Waals surface area contributed by atoms with Gasteiger partial charge in [-0.3, -0.25) is 10.1 Å². The molecule has 0 spiro atoms. The Morgan fingerprint density at radius 3 is 2.80 bits per heavy atom. The first-order chi connectivity index (χ1) is 9.45. The predicted octanol–water partition coefficient (Wildman–Crippen LogP) is 2.15. The third-order valence-corrected chi connectivity index (χ3v) is 4.01. The molecule has 6 heteroatoms. The Morgan fingerprint density at radius 2 is 2.20 bits per heavy atom. The number of carbonyl (C=O) groups is 1. The van der Waals surface area contributed by atoms with Crippen LogP contribution in [0.4, 0.5) is 5.13 Å². The van der Waals surface area contributed by atoms with Crippen LogP contribution in [0, 0.1) is 0 Å². The lowest BCUT2D eigenvalue weighted by atomic mass is 9.93. The lowest BCUT2D eigenvalue weighted by Gasteiger charge is -2.22. The topological polar surface area (TPSA) is 63.2 Å². The van der Waals surface area contributed by atoms with Gasteiger partial charge in [-0.1, -0.05) is 20.8 Å². The minimum absolute atomic E-state index is 0.00503. The molecule has 1 fully saturated rings. The number of carbonyl (C=O) groups excluding carboxylic acids is 1. The summed E-state index contributed by atoms with van der Waals surface area (Å²) in [5.41, 5.74) is 1.00. The molecule has 0 aliphatic carbocycles. The van der Waals surface area contributed by atoms with Crippen molar-refractivity contribution in [3.8, 4) is 0 Å². The van der Waals surface area contributed by atoms with Gasteiger partial charge in [-0.15, -0.1) is 11.3 Å². The maximum atomic E-state index is 11.8. The van der Waals surface area contributed by atoms with Crippen molar-refractivity contribution in [3.63, 3.8) is 0 Å². The zero-order valence-corrected chi connectivity index (χ0v) is 13.2. The Hall–Kier alpha value is -0.980. The monoisotopic (exact) mass is 297 g/mol. The second-order valence-electron chi connectivity index (χ2n) is 6.10. The summed E-state index contributed by atoms with van der Waals surface area (Å²) in [6.45, 7) is 8.35. The van der Waals surface area contributed by atoms with E-state index in [9.17, 15) is 4.79 Å². The third kappa shape index (κ3) is 4.54. The van der Waals surface area contributed by atoms with Gasteiger partial charge in [-0.25, -0.2) is 4.98 Å². The van der Waals surface area contributed by atoms with E-state index in [2.05, 4.69) is 36.4 Å². The molecule has 2 N–H and O–H groups in total. The van der Waals surface area contributed by atoms with Crippen LogP contribution < -0.4 is 10.6 Å². The first kappa shape index (κ1) is 15.4. The van der Waals surface area contributed by atoms with Crippen molar-refractivity contribution >= 4 is 22.4 Å². The van der Waals surface area contributed by atoms with E-state index in [1.54, 1.807) is 0 Å². The van der Waals surface area contributed by atoms with Crippen molar-refractivity contribution in [1.29, 1.82) is 0 Å². The third-order valence-electron chi connectivity index (χ3n) is 3.26. The van der Waals surface area contributed by atoms with Gasteiger partial charge in [0.1, 0.15) is 6.61 Å². The van der Waals surface area contributed by atoms with Gasteiger partial charge < -0.3 is 10.1 Å². The molecular formula is C14H23N3O2S. The molecule has 0 unspecified atom stereocenters. The number of hydrogen-bond donors (Lipinski definition) is 2. The van der Waals surface area contributed by atoms with Gasteiger partial charge in [0.2, 0.25) is 0 Å². The first-order valence-corrected chi connectivity index (χ1v) is 7.91. The molecule has 20 heavy (non-hydrogen) atoms. The van der Waals surface area contributed by atoms with Crippen LogP contribution in [0.1, 0.15) is 39.3 Å². The van der Waals surface area contributed by atoms with Crippen LogP contribution >= 0.6 is 11.3 Å². The summed E-state index contributed by atoms with van der Waals surface area (Å²) < 4.78 is 5.62. The largest absolute Gasteiger partial charge is 0.368 e. The molecule has 1 aromatic rings. The molecule has 1 aromatic heterocycles. The lowest BCUT2D eigenvalue weighted by Crippen LogP contribution is -2.34. The summed E-state index contributed by atoms with van der Waals surface area (Å²) in [7, 11) is 0. The van der Waals surface area contributed by atoms with Crippen LogP contribution in [0.25, 0.3) is 0 Å². The zero-order valence-electron chi connectivity index (χ0n) is 12.4. The number of anilines is 1. The smallest absolute Gasteiger partial charge is 0.252 e. The summed E-state index contributed by atoms with van der Waals surface area (Å²) in [5.74, 6) is -0.127.